The zero-order valence-electron chi connectivity index (χ0n) is 13.9. The fourth-order valence-electron chi connectivity index (χ4n) is 2.69. The van der Waals surface area contributed by atoms with E-state index in [1.54, 1.807) is 26.8 Å². The van der Waals surface area contributed by atoms with Gasteiger partial charge < -0.3 is 10.0 Å². The Bertz CT molecular complexity index is 661. The lowest BCUT2D eigenvalue weighted by molar-refractivity contribution is 0.0507. The number of aliphatic hydroxyl groups excluding tert-OH is 1. The normalized spacial score (nSPS) is 14.2. The lowest BCUT2D eigenvalue weighted by Crippen LogP contribution is -2.45. The molecular formula is C17H22N2O4. The van der Waals surface area contributed by atoms with Crippen LogP contribution >= 0.6 is 0 Å². The summed E-state index contributed by atoms with van der Waals surface area (Å²) in [5, 5.41) is 9.02. The number of carbonyl (C=O) groups excluding carboxylic acids is 3. The van der Waals surface area contributed by atoms with Crippen molar-refractivity contribution in [2.24, 2.45) is 0 Å². The quantitative estimate of drug-likeness (QED) is 0.854. The molecule has 1 aromatic rings. The first kappa shape index (κ1) is 17.1. The van der Waals surface area contributed by atoms with Crippen molar-refractivity contribution in [3.8, 4) is 0 Å². The van der Waals surface area contributed by atoms with E-state index in [1.807, 2.05) is 6.92 Å². The first-order valence-electron chi connectivity index (χ1n) is 7.65. The minimum absolute atomic E-state index is 0.125. The van der Waals surface area contributed by atoms with E-state index in [0.717, 1.165) is 0 Å². The molecule has 0 saturated heterocycles. The molecule has 1 aliphatic heterocycles. The minimum Gasteiger partial charge on any atom is -0.395 e. The number of nitrogens with zero attached hydrogens (tertiary/aromatic N) is 2. The summed E-state index contributed by atoms with van der Waals surface area (Å²) in [5.41, 5.74) is 0.308. The number of hydrogen-bond acceptors (Lipinski definition) is 4. The summed E-state index contributed by atoms with van der Waals surface area (Å²) < 4.78 is 0. The average molecular weight is 318 g/mol. The van der Waals surface area contributed by atoms with Gasteiger partial charge in [0.15, 0.2) is 0 Å². The Morgan fingerprint density at radius 3 is 2.30 bits per heavy atom. The molecule has 0 unspecified atom stereocenters. The monoisotopic (exact) mass is 318 g/mol. The molecule has 6 nitrogen and oxygen atoms in total. The Morgan fingerprint density at radius 2 is 1.78 bits per heavy atom. The lowest BCUT2D eigenvalue weighted by Gasteiger charge is -2.29. The summed E-state index contributed by atoms with van der Waals surface area (Å²) in [6, 6.07) is 4.56. The Balaban J connectivity index is 2.40. The van der Waals surface area contributed by atoms with E-state index in [2.05, 4.69) is 0 Å². The third-order valence-electron chi connectivity index (χ3n) is 3.84. The number of hydrogen-bond donors (Lipinski definition) is 1. The van der Waals surface area contributed by atoms with Crippen LogP contribution in [-0.2, 0) is 0 Å². The molecule has 1 heterocycles. The number of likely N-dealkylation sites (N-methyl/N-ethyl adjacent to an activating group) is 1. The van der Waals surface area contributed by atoms with Crippen molar-refractivity contribution in [2.75, 3.05) is 19.7 Å². The Hall–Kier alpha value is -2.21. The van der Waals surface area contributed by atoms with Crippen molar-refractivity contribution in [3.63, 3.8) is 0 Å². The van der Waals surface area contributed by atoms with Gasteiger partial charge in [0, 0.05) is 24.2 Å². The predicted molar refractivity (Wildman–Crippen MR) is 85.4 cm³/mol. The van der Waals surface area contributed by atoms with Crippen LogP contribution in [0.3, 0.4) is 0 Å². The van der Waals surface area contributed by atoms with Crippen molar-refractivity contribution < 1.29 is 19.5 Å². The second kappa shape index (κ2) is 6.12. The third kappa shape index (κ3) is 2.99. The van der Waals surface area contributed by atoms with E-state index in [1.165, 1.54) is 21.9 Å². The second-order valence-electron chi connectivity index (χ2n) is 6.49. The molecule has 2 rings (SSSR count). The van der Waals surface area contributed by atoms with Crippen LogP contribution in [0.4, 0.5) is 0 Å². The van der Waals surface area contributed by atoms with E-state index in [-0.39, 0.29) is 36.4 Å². The van der Waals surface area contributed by atoms with Gasteiger partial charge in [0.25, 0.3) is 17.7 Å². The number of aliphatic hydroxyl groups is 1. The maximum Gasteiger partial charge on any atom is 0.262 e. The van der Waals surface area contributed by atoms with Crippen LogP contribution in [-0.4, -0.2) is 57.9 Å². The molecule has 0 fully saturated rings. The number of rotatable bonds is 4. The first-order chi connectivity index (χ1) is 10.7. The van der Waals surface area contributed by atoms with Gasteiger partial charge >= 0.3 is 0 Å². The summed E-state index contributed by atoms with van der Waals surface area (Å²) in [6.07, 6.45) is 0. The molecule has 23 heavy (non-hydrogen) atoms. The Labute approximate surface area is 135 Å². The summed E-state index contributed by atoms with van der Waals surface area (Å²) in [6.45, 7) is 7.75. The van der Waals surface area contributed by atoms with Gasteiger partial charge in [0.05, 0.1) is 17.7 Å². The molecule has 1 N–H and O–H groups in total. The molecule has 3 amide bonds. The molecule has 0 aromatic heterocycles. The molecule has 1 aromatic carbocycles. The predicted octanol–water partition coefficient (Wildman–Crippen LogP) is 1.54. The molecule has 124 valence electrons. The molecule has 6 heteroatoms. The molecule has 0 spiro atoms. The largest absolute Gasteiger partial charge is 0.395 e. The highest BCUT2D eigenvalue weighted by Gasteiger charge is 2.42. The minimum atomic E-state index is -0.621. The van der Waals surface area contributed by atoms with Crippen molar-refractivity contribution in [1.82, 2.24) is 9.80 Å². The van der Waals surface area contributed by atoms with Gasteiger partial charge in [0.1, 0.15) is 0 Å². The standard InChI is InChI=1S/C17H22N2O4/c1-5-18(8-9-20)14(21)11-6-7-12-13(10-11)16(23)19(15(12)22)17(2,3)4/h6-7,10,20H,5,8-9H2,1-4H3. The van der Waals surface area contributed by atoms with Gasteiger partial charge in [-0.1, -0.05) is 0 Å². The van der Waals surface area contributed by atoms with Crippen LogP contribution in [0.25, 0.3) is 0 Å². The molecule has 0 atom stereocenters. The van der Waals surface area contributed by atoms with Gasteiger partial charge in [-0.2, -0.15) is 0 Å². The smallest absolute Gasteiger partial charge is 0.262 e. The van der Waals surface area contributed by atoms with Crippen molar-refractivity contribution in [1.29, 1.82) is 0 Å². The van der Waals surface area contributed by atoms with Gasteiger partial charge in [0.2, 0.25) is 0 Å². The summed E-state index contributed by atoms with van der Waals surface area (Å²) in [7, 11) is 0. The van der Waals surface area contributed by atoms with E-state index in [9.17, 15) is 14.4 Å². The van der Waals surface area contributed by atoms with E-state index in [4.69, 9.17) is 5.11 Å². The topological polar surface area (TPSA) is 77.9 Å². The average Bonchev–Trinajstić information content (AvgIpc) is 2.75. The van der Waals surface area contributed by atoms with Crippen molar-refractivity contribution >= 4 is 17.7 Å². The summed E-state index contributed by atoms with van der Waals surface area (Å²) >= 11 is 0. The van der Waals surface area contributed by atoms with E-state index in [0.29, 0.717) is 17.7 Å². The molecule has 0 saturated carbocycles. The van der Waals surface area contributed by atoms with Crippen LogP contribution in [0, 0.1) is 0 Å². The van der Waals surface area contributed by atoms with E-state index < -0.39 is 5.54 Å². The number of fused-ring (bicyclic) bond motifs is 1. The Kier molecular flexibility index (Phi) is 4.56. The van der Waals surface area contributed by atoms with Gasteiger partial charge in [-0.25, -0.2) is 0 Å². The molecular weight excluding hydrogens is 296 g/mol. The zero-order valence-corrected chi connectivity index (χ0v) is 13.9. The fourth-order valence-corrected chi connectivity index (χ4v) is 2.69. The number of amides is 3. The van der Waals surface area contributed by atoms with Crippen LogP contribution < -0.4 is 0 Å². The van der Waals surface area contributed by atoms with Crippen LogP contribution in [0.1, 0.15) is 58.8 Å². The van der Waals surface area contributed by atoms with Gasteiger partial charge in [-0.3, -0.25) is 19.3 Å². The van der Waals surface area contributed by atoms with Crippen LogP contribution in [0.15, 0.2) is 18.2 Å². The maximum atomic E-state index is 12.5. The van der Waals surface area contributed by atoms with Crippen molar-refractivity contribution in [3.05, 3.63) is 34.9 Å². The molecule has 0 bridgehead atoms. The highest BCUT2D eigenvalue weighted by molar-refractivity contribution is 6.22. The SMILES string of the molecule is CCN(CCO)C(=O)c1ccc2c(c1)C(=O)N(C(C)(C)C)C2=O. The fraction of sp³-hybridized carbons (Fsp3) is 0.471. The number of benzene rings is 1. The van der Waals surface area contributed by atoms with Gasteiger partial charge in [-0.15, -0.1) is 0 Å². The number of carbonyl (C=O) groups is 3. The van der Waals surface area contributed by atoms with Crippen LogP contribution in [0.2, 0.25) is 0 Å². The van der Waals surface area contributed by atoms with Gasteiger partial charge in [-0.05, 0) is 45.9 Å². The molecule has 1 aliphatic rings. The number of imide groups is 1. The molecule has 0 aliphatic carbocycles. The second-order valence-corrected chi connectivity index (χ2v) is 6.49. The Morgan fingerprint density at radius 1 is 1.17 bits per heavy atom. The third-order valence-corrected chi connectivity index (χ3v) is 3.84. The maximum absolute atomic E-state index is 12.5. The van der Waals surface area contributed by atoms with E-state index >= 15 is 0 Å². The zero-order chi connectivity index (χ0) is 17.4. The lowest BCUT2D eigenvalue weighted by atomic mass is 10.0. The van der Waals surface area contributed by atoms with Crippen LogP contribution in [0.5, 0.6) is 0 Å². The summed E-state index contributed by atoms with van der Waals surface area (Å²) in [5.74, 6) is -0.977. The highest BCUT2D eigenvalue weighted by atomic mass is 16.3. The first-order valence-corrected chi connectivity index (χ1v) is 7.65. The molecule has 0 radical (unpaired) electrons. The highest BCUT2D eigenvalue weighted by Crippen LogP contribution is 2.30. The van der Waals surface area contributed by atoms with Crippen molar-refractivity contribution in [2.45, 2.75) is 33.2 Å². The summed E-state index contributed by atoms with van der Waals surface area (Å²) in [4.78, 5) is 40.1.